The van der Waals surface area contributed by atoms with E-state index < -0.39 is 5.54 Å². The van der Waals surface area contributed by atoms with Crippen molar-refractivity contribution in [3.8, 4) is 17.3 Å². The lowest BCUT2D eigenvalue weighted by atomic mass is 9.89. The summed E-state index contributed by atoms with van der Waals surface area (Å²) < 4.78 is 1.81. The summed E-state index contributed by atoms with van der Waals surface area (Å²) in [5.41, 5.74) is 0.975. The molecule has 9 heteroatoms. The van der Waals surface area contributed by atoms with Crippen molar-refractivity contribution in [2.45, 2.75) is 31.7 Å². The molecule has 1 fully saturated rings. The molecule has 1 amide bonds. The van der Waals surface area contributed by atoms with Crippen LogP contribution in [0.1, 0.15) is 26.2 Å². The van der Waals surface area contributed by atoms with Crippen molar-refractivity contribution in [1.29, 1.82) is 0 Å². The molecule has 1 unspecified atom stereocenters. The smallest absolute Gasteiger partial charge is 0.252 e. The molecule has 0 spiro atoms. The molecule has 0 aliphatic carbocycles. The molecular weight excluding hydrogens is 423 g/mol. The van der Waals surface area contributed by atoms with Gasteiger partial charge >= 0.3 is 0 Å². The molecule has 1 aromatic carbocycles. The van der Waals surface area contributed by atoms with E-state index in [0.717, 1.165) is 42.9 Å². The number of anilines is 2. The summed E-state index contributed by atoms with van der Waals surface area (Å²) >= 11 is 12.4. The van der Waals surface area contributed by atoms with Crippen LogP contribution in [0.4, 0.5) is 11.5 Å². The van der Waals surface area contributed by atoms with Crippen molar-refractivity contribution in [3.63, 3.8) is 0 Å². The number of likely N-dealkylation sites (N-methyl/N-ethyl adjacent to an activating group) is 1. The molecule has 2 aromatic heterocycles. The van der Waals surface area contributed by atoms with Crippen molar-refractivity contribution >= 4 is 40.6 Å². The second kappa shape index (κ2) is 6.96. The van der Waals surface area contributed by atoms with Crippen molar-refractivity contribution in [2.75, 3.05) is 23.4 Å². The average Bonchev–Trinajstić information content (AvgIpc) is 3.39. The van der Waals surface area contributed by atoms with Crippen LogP contribution in [0.5, 0.6) is 0 Å². The number of amides is 1. The predicted molar refractivity (Wildman–Crippen MR) is 118 cm³/mol. The van der Waals surface area contributed by atoms with E-state index in [2.05, 4.69) is 21.8 Å². The van der Waals surface area contributed by atoms with Crippen LogP contribution in [-0.4, -0.2) is 44.6 Å². The summed E-state index contributed by atoms with van der Waals surface area (Å²) in [6.07, 6.45) is 7.75. The monoisotopic (exact) mass is 442 g/mol. The number of carbonyl (C=O) groups is 1. The van der Waals surface area contributed by atoms with Gasteiger partial charge in [0.15, 0.2) is 5.82 Å². The third-order valence-corrected chi connectivity index (χ3v) is 6.54. The Hall–Kier alpha value is -2.64. The quantitative estimate of drug-likeness (QED) is 0.602. The van der Waals surface area contributed by atoms with E-state index in [1.54, 1.807) is 48.7 Å². The lowest BCUT2D eigenvalue weighted by Gasteiger charge is -2.45. The molecule has 7 nitrogen and oxygen atoms in total. The second-order valence-corrected chi connectivity index (χ2v) is 8.54. The van der Waals surface area contributed by atoms with Crippen molar-refractivity contribution in [1.82, 2.24) is 19.5 Å². The Balaban J connectivity index is 1.64. The van der Waals surface area contributed by atoms with Crippen molar-refractivity contribution in [3.05, 3.63) is 46.8 Å². The number of hydrogen-bond acceptors (Lipinski definition) is 5. The Morgan fingerprint density at radius 3 is 2.67 bits per heavy atom. The van der Waals surface area contributed by atoms with Gasteiger partial charge in [-0.2, -0.15) is 4.98 Å². The van der Waals surface area contributed by atoms with E-state index in [1.165, 1.54) is 0 Å². The van der Waals surface area contributed by atoms with Crippen LogP contribution in [0.15, 0.2) is 36.8 Å². The zero-order valence-corrected chi connectivity index (χ0v) is 18.2. The molecule has 30 heavy (non-hydrogen) atoms. The molecule has 2 aliphatic heterocycles. The highest BCUT2D eigenvalue weighted by molar-refractivity contribution is 6.35. The molecule has 0 N–H and O–H groups in total. The molecular formula is C21H20Cl2N6O. The fraction of sp³-hybridized carbons (Fsp3) is 0.333. The lowest BCUT2D eigenvalue weighted by molar-refractivity contribution is -0.123. The SMILES string of the molecule is CCC12CCCN1c1nc(-n3ccnc3-c3cc(Cl)cc(Cl)c3)ncc1N(C)C2=O. The molecule has 1 saturated heterocycles. The van der Waals surface area contributed by atoms with Crippen LogP contribution in [0.3, 0.4) is 0 Å². The van der Waals surface area contributed by atoms with Crippen molar-refractivity contribution in [2.24, 2.45) is 0 Å². The standard InChI is InChI=1S/C21H20Cl2N6O/c1-3-21-5-4-7-29(21)18-16(27(2)19(21)30)12-25-20(26-18)28-8-6-24-17(28)13-9-14(22)11-15(23)10-13/h6,8-12H,3-5,7H2,1-2H3. The molecule has 0 saturated carbocycles. The van der Waals surface area contributed by atoms with E-state index in [-0.39, 0.29) is 5.91 Å². The summed E-state index contributed by atoms with van der Waals surface area (Å²) in [5.74, 6) is 2.02. The fourth-order valence-corrected chi connectivity index (χ4v) is 5.15. The van der Waals surface area contributed by atoms with E-state index in [1.807, 2.05) is 4.57 Å². The fourth-order valence-electron chi connectivity index (χ4n) is 4.62. The highest BCUT2D eigenvalue weighted by Crippen LogP contribution is 2.45. The van der Waals surface area contributed by atoms with Gasteiger partial charge < -0.3 is 9.80 Å². The van der Waals surface area contributed by atoms with Crippen LogP contribution in [0.2, 0.25) is 10.0 Å². The third kappa shape index (κ3) is 2.72. The lowest BCUT2D eigenvalue weighted by Crippen LogP contribution is -2.59. The average molecular weight is 443 g/mol. The minimum Gasteiger partial charge on any atom is -0.340 e. The second-order valence-electron chi connectivity index (χ2n) is 7.66. The normalized spacial score (nSPS) is 20.5. The molecule has 5 rings (SSSR count). The minimum absolute atomic E-state index is 0.114. The Labute approximate surface area is 184 Å². The molecule has 154 valence electrons. The van der Waals surface area contributed by atoms with Crippen LogP contribution in [-0.2, 0) is 4.79 Å². The Morgan fingerprint density at radius 2 is 1.93 bits per heavy atom. The number of imidazole rings is 1. The Kier molecular flexibility index (Phi) is 4.48. The van der Waals surface area contributed by atoms with Gasteiger partial charge in [0.1, 0.15) is 17.1 Å². The topological polar surface area (TPSA) is 67.2 Å². The summed E-state index contributed by atoms with van der Waals surface area (Å²) in [7, 11) is 1.80. The van der Waals surface area contributed by atoms with Gasteiger partial charge in [0, 0.05) is 41.6 Å². The first-order chi connectivity index (χ1) is 14.4. The summed E-state index contributed by atoms with van der Waals surface area (Å²) in [4.78, 5) is 30.9. The summed E-state index contributed by atoms with van der Waals surface area (Å²) in [5, 5.41) is 1.06. The molecule has 3 aromatic rings. The number of carbonyl (C=O) groups excluding carboxylic acids is 1. The number of nitrogens with zero attached hydrogens (tertiary/aromatic N) is 6. The van der Waals surface area contributed by atoms with Gasteiger partial charge in [-0.05, 0) is 37.5 Å². The van der Waals surface area contributed by atoms with E-state index in [9.17, 15) is 4.79 Å². The van der Waals surface area contributed by atoms with E-state index in [0.29, 0.717) is 21.8 Å². The molecule has 0 radical (unpaired) electrons. The van der Waals surface area contributed by atoms with Gasteiger partial charge in [-0.3, -0.25) is 9.36 Å². The van der Waals surface area contributed by atoms with Gasteiger partial charge in [-0.15, -0.1) is 0 Å². The largest absolute Gasteiger partial charge is 0.340 e. The van der Waals surface area contributed by atoms with Crippen LogP contribution in [0.25, 0.3) is 17.3 Å². The maximum Gasteiger partial charge on any atom is 0.252 e. The number of halogens is 2. The number of hydrogen-bond donors (Lipinski definition) is 0. The van der Waals surface area contributed by atoms with Crippen LogP contribution in [0, 0.1) is 0 Å². The molecule has 4 heterocycles. The summed E-state index contributed by atoms with van der Waals surface area (Å²) in [6, 6.07) is 5.29. The molecule has 2 aliphatic rings. The number of fused-ring (bicyclic) bond motifs is 3. The zero-order valence-electron chi connectivity index (χ0n) is 16.6. The predicted octanol–water partition coefficient (Wildman–Crippen LogP) is 4.36. The van der Waals surface area contributed by atoms with Gasteiger partial charge in [-0.25, -0.2) is 9.97 Å². The minimum atomic E-state index is -0.522. The van der Waals surface area contributed by atoms with Crippen LogP contribution < -0.4 is 9.80 Å². The first kappa shape index (κ1) is 19.3. The summed E-state index contributed by atoms with van der Waals surface area (Å²) in [6.45, 7) is 2.87. The van der Waals surface area contributed by atoms with Gasteiger partial charge in [0.25, 0.3) is 5.91 Å². The maximum atomic E-state index is 13.1. The van der Waals surface area contributed by atoms with Gasteiger partial charge in [0.2, 0.25) is 5.95 Å². The maximum absolute atomic E-state index is 13.1. The van der Waals surface area contributed by atoms with Gasteiger partial charge in [0.05, 0.1) is 6.20 Å². The van der Waals surface area contributed by atoms with Crippen LogP contribution >= 0.6 is 23.2 Å². The zero-order chi connectivity index (χ0) is 21.0. The van der Waals surface area contributed by atoms with Crippen molar-refractivity contribution < 1.29 is 4.79 Å². The van der Waals surface area contributed by atoms with E-state index >= 15 is 0 Å². The first-order valence-corrected chi connectivity index (χ1v) is 10.6. The highest BCUT2D eigenvalue weighted by atomic mass is 35.5. The van der Waals surface area contributed by atoms with Gasteiger partial charge in [-0.1, -0.05) is 30.1 Å². The number of rotatable bonds is 3. The highest BCUT2D eigenvalue weighted by Gasteiger charge is 2.52. The van der Waals surface area contributed by atoms with E-state index in [4.69, 9.17) is 28.2 Å². The molecule has 0 bridgehead atoms. The number of aromatic nitrogens is 4. The number of benzene rings is 1. The first-order valence-electron chi connectivity index (χ1n) is 9.87. The molecule has 1 atom stereocenters. The Morgan fingerprint density at radius 1 is 1.17 bits per heavy atom. The third-order valence-electron chi connectivity index (χ3n) is 6.11. The Bertz CT molecular complexity index is 1140.